The van der Waals surface area contributed by atoms with Crippen molar-refractivity contribution in [1.29, 1.82) is 0 Å². The van der Waals surface area contributed by atoms with E-state index < -0.39 is 0 Å². The van der Waals surface area contributed by atoms with Gasteiger partial charge in [0.2, 0.25) is 0 Å². The number of hydrogen-bond acceptors (Lipinski definition) is 2. The lowest BCUT2D eigenvalue weighted by Gasteiger charge is -2.23. The Morgan fingerprint density at radius 2 is 2.38 bits per heavy atom. The second kappa shape index (κ2) is 5.55. The minimum Gasteiger partial charge on any atom is -0.384 e. The number of nitrogens with one attached hydrogen (secondary N) is 2. The van der Waals surface area contributed by atoms with Crippen LogP contribution in [0.2, 0.25) is 5.02 Å². The molecule has 1 aliphatic heterocycles. The highest BCUT2D eigenvalue weighted by atomic mass is 35.5. The first-order valence-electron chi connectivity index (χ1n) is 5.96. The predicted molar refractivity (Wildman–Crippen MR) is 70.3 cm³/mol. The molecule has 1 fully saturated rings. The topological polar surface area (TPSA) is 24.1 Å². The lowest BCUT2D eigenvalue weighted by Crippen LogP contribution is -2.33. The lowest BCUT2D eigenvalue weighted by atomic mass is 9.99. The minimum absolute atomic E-state index is 0.743. The van der Waals surface area contributed by atoms with E-state index in [9.17, 15) is 0 Å². The van der Waals surface area contributed by atoms with Crippen molar-refractivity contribution in [3.05, 3.63) is 28.8 Å². The summed E-state index contributed by atoms with van der Waals surface area (Å²) >= 11 is 5.99. The van der Waals surface area contributed by atoms with Gasteiger partial charge in [-0.25, -0.2) is 0 Å². The number of aryl methyl sites for hydroxylation is 1. The highest BCUT2D eigenvalue weighted by molar-refractivity contribution is 6.30. The van der Waals surface area contributed by atoms with Crippen molar-refractivity contribution >= 4 is 17.3 Å². The molecule has 2 N–H and O–H groups in total. The Morgan fingerprint density at radius 1 is 1.50 bits per heavy atom. The van der Waals surface area contributed by atoms with Gasteiger partial charge in [0.25, 0.3) is 0 Å². The van der Waals surface area contributed by atoms with Crippen LogP contribution in [0.15, 0.2) is 18.2 Å². The van der Waals surface area contributed by atoms with E-state index in [1.807, 2.05) is 12.1 Å². The fourth-order valence-electron chi connectivity index (χ4n) is 2.14. The van der Waals surface area contributed by atoms with Crippen molar-refractivity contribution < 1.29 is 0 Å². The summed E-state index contributed by atoms with van der Waals surface area (Å²) in [6.45, 7) is 5.45. The van der Waals surface area contributed by atoms with Gasteiger partial charge in [0.1, 0.15) is 0 Å². The Kier molecular flexibility index (Phi) is 4.08. The average Bonchev–Trinajstić information content (AvgIpc) is 2.32. The van der Waals surface area contributed by atoms with Gasteiger partial charge in [-0.15, -0.1) is 0 Å². The molecule has 1 heterocycles. The molecular weight excluding hydrogens is 220 g/mol. The average molecular weight is 239 g/mol. The largest absolute Gasteiger partial charge is 0.384 e. The maximum absolute atomic E-state index is 5.99. The monoisotopic (exact) mass is 238 g/mol. The molecule has 88 valence electrons. The fraction of sp³-hybridized carbons (Fsp3) is 0.538. The third kappa shape index (κ3) is 3.13. The summed E-state index contributed by atoms with van der Waals surface area (Å²) in [5.74, 6) is 0.743. The standard InChI is InChI=1S/C13H19ClN2/c1-10-4-5-12(14)7-13(10)16-9-11-3-2-6-15-8-11/h4-5,7,11,15-16H,2-3,6,8-9H2,1H3. The molecule has 0 amide bonds. The van der Waals surface area contributed by atoms with Gasteiger partial charge in [0.15, 0.2) is 0 Å². The zero-order valence-electron chi connectivity index (χ0n) is 9.72. The van der Waals surface area contributed by atoms with Crippen molar-refractivity contribution in [1.82, 2.24) is 5.32 Å². The molecule has 3 heteroatoms. The van der Waals surface area contributed by atoms with Crippen molar-refractivity contribution in [3.63, 3.8) is 0 Å². The Balaban J connectivity index is 1.90. The Morgan fingerprint density at radius 3 is 3.12 bits per heavy atom. The molecule has 1 unspecified atom stereocenters. The molecule has 0 spiro atoms. The van der Waals surface area contributed by atoms with E-state index in [0.717, 1.165) is 29.7 Å². The normalized spacial score (nSPS) is 20.8. The second-order valence-corrected chi connectivity index (χ2v) is 4.99. The summed E-state index contributed by atoms with van der Waals surface area (Å²) in [6.07, 6.45) is 2.61. The predicted octanol–water partition coefficient (Wildman–Crippen LogP) is 3.06. The summed E-state index contributed by atoms with van der Waals surface area (Å²) in [5.41, 5.74) is 2.42. The van der Waals surface area contributed by atoms with Crippen LogP contribution in [-0.2, 0) is 0 Å². The van der Waals surface area contributed by atoms with Crippen LogP contribution < -0.4 is 10.6 Å². The Bertz CT molecular complexity index is 346. The van der Waals surface area contributed by atoms with Gasteiger partial charge in [-0.2, -0.15) is 0 Å². The number of benzene rings is 1. The first kappa shape index (κ1) is 11.7. The van der Waals surface area contributed by atoms with Gasteiger partial charge in [0.05, 0.1) is 0 Å². The van der Waals surface area contributed by atoms with E-state index >= 15 is 0 Å². The molecule has 0 bridgehead atoms. The van der Waals surface area contributed by atoms with Gasteiger partial charge in [0, 0.05) is 17.3 Å². The van der Waals surface area contributed by atoms with Crippen molar-refractivity contribution in [3.8, 4) is 0 Å². The van der Waals surface area contributed by atoms with Gasteiger partial charge >= 0.3 is 0 Å². The molecule has 1 aromatic carbocycles. The van der Waals surface area contributed by atoms with Gasteiger partial charge in [-0.05, 0) is 56.5 Å². The SMILES string of the molecule is Cc1ccc(Cl)cc1NCC1CCCNC1. The second-order valence-electron chi connectivity index (χ2n) is 4.55. The first-order chi connectivity index (χ1) is 7.75. The third-order valence-electron chi connectivity index (χ3n) is 3.18. The third-order valence-corrected chi connectivity index (χ3v) is 3.41. The maximum Gasteiger partial charge on any atom is 0.0426 e. The molecule has 1 saturated heterocycles. The molecule has 2 nitrogen and oxygen atoms in total. The Labute approximate surface area is 102 Å². The van der Waals surface area contributed by atoms with Crippen LogP contribution in [0.5, 0.6) is 0 Å². The summed E-state index contributed by atoms with van der Waals surface area (Å²) < 4.78 is 0. The van der Waals surface area contributed by atoms with Crippen LogP contribution in [0.25, 0.3) is 0 Å². The quantitative estimate of drug-likeness (QED) is 0.846. The summed E-state index contributed by atoms with van der Waals surface area (Å²) in [5, 5.41) is 7.73. The molecule has 0 aliphatic carbocycles. The molecule has 0 saturated carbocycles. The Hall–Kier alpha value is -0.730. The molecule has 0 aromatic heterocycles. The summed E-state index contributed by atoms with van der Waals surface area (Å²) in [4.78, 5) is 0. The van der Waals surface area contributed by atoms with Crippen molar-refractivity contribution in [2.45, 2.75) is 19.8 Å². The van der Waals surface area contributed by atoms with Gasteiger partial charge < -0.3 is 10.6 Å². The van der Waals surface area contributed by atoms with E-state index in [1.165, 1.54) is 24.9 Å². The van der Waals surface area contributed by atoms with Crippen molar-refractivity contribution in [2.24, 2.45) is 5.92 Å². The van der Waals surface area contributed by atoms with Gasteiger partial charge in [-0.1, -0.05) is 17.7 Å². The molecule has 1 aromatic rings. The zero-order valence-corrected chi connectivity index (χ0v) is 10.5. The molecule has 1 atom stereocenters. The molecule has 16 heavy (non-hydrogen) atoms. The first-order valence-corrected chi connectivity index (χ1v) is 6.34. The minimum atomic E-state index is 0.743. The maximum atomic E-state index is 5.99. The van der Waals surface area contributed by atoms with Gasteiger partial charge in [-0.3, -0.25) is 0 Å². The van der Waals surface area contributed by atoms with E-state index in [1.54, 1.807) is 0 Å². The number of rotatable bonds is 3. The van der Waals surface area contributed by atoms with Crippen LogP contribution in [0.4, 0.5) is 5.69 Å². The van der Waals surface area contributed by atoms with E-state index in [0.29, 0.717) is 0 Å². The smallest absolute Gasteiger partial charge is 0.0426 e. The van der Waals surface area contributed by atoms with Crippen LogP contribution in [0.1, 0.15) is 18.4 Å². The molecule has 0 radical (unpaired) electrons. The number of halogens is 1. The highest BCUT2D eigenvalue weighted by Crippen LogP contribution is 2.21. The van der Waals surface area contributed by atoms with Crippen molar-refractivity contribution in [2.75, 3.05) is 25.0 Å². The van der Waals surface area contributed by atoms with Crippen LogP contribution >= 0.6 is 11.6 Å². The van der Waals surface area contributed by atoms with Crippen LogP contribution in [-0.4, -0.2) is 19.6 Å². The zero-order chi connectivity index (χ0) is 11.4. The summed E-state index contributed by atoms with van der Waals surface area (Å²) in [7, 11) is 0. The lowest BCUT2D eigenvalue weighted by molar-refractivity contribution is 0.393. The van der Waals surface area contributed by atoms with E-state index in [2.05, 4.69) is 23.6 Å². The fourth-order valence-corrected chi connectivity index (χ4v) is 2.31. The molecular formula is C13H19ClN2. The van der Waals surface area contributed by atoms with Crippen LogP contribution in [0, 0.1) is 12.8 Å². The van der Waals surface area contributed by atoms with Crippen LogP contribution in [0.3, 0.4) is 0 Å². The number of hydrogen-bond donors (Lipinski definition) is 2. The van der Waals surface area contributed by atoms with E-state index in [4.69, 9.17) is 11.6 Å². The molecule has 1 aliphatic rings. The van der Waals surface area contributed by atoms with E-state index in [-0.39, 0.29) is 0 Å². The number of anilines is 1. The summed E-state index contributed by atoms with van der Waals surface area (Å²) in [6, 6.07) is 6.00. The molecule has 2 rings (SSSR count). The number of piperidine rings is 1. The highest BCUT2D eigenvalue weighted by Gasteiger charge is 2.12.